The van der Waals surface area contributed by atoms with Crippen molar-refractivity contribution in [1.29, 1.82) is 5.26 Å². The summed E-state index contributed by atoms with van der Waals surface area (Å²) in [6.07, 6.45) is -0.101. The van der Waals surface area contributed by atoms with Gasteiger partial charge in [-0.2, -0.15) is 10.4 Å². The van der Waals surface area contributed by atoms with Gasteiger partial charge >= 0.3 is 0 Å². The highest BCUT2D eigenvalue weighted by Crippen LogP contribution is 2.26. The molecule has 3 heterocycles. The maximum atomic E-state index is 13.0. The molecule has 0 amide bonds. The van der Waals surface area contributed by atoms with E-state index >= 15 is 0 Å². The number of furan rings is 1. The number of rotatable bonds is 2. The zero-order valence-corrected chi connectivity index (χ0v) is 9.42. The molecule has 7 heteroatoms. The first-order valence-electron chi connectivity index (χ1n) is 5.31. The van der Waals surface area contributed by atoms with Crippen molar-refractivity contribution in [3.63, 3.8) is 0 Å². The van der Waals surface area contributed by atoms with Gasteiger partial charge in [0.05, 0.1) is 12.5 Å². The molecule has 0 aromatic carbocycles. The predicted octanol–water partition coefficient (Wildman–Crippen LogP) is 2.80. The summed E-state index contributed by atoms with van der Waals surface area (Å²) in [5.41, 5.74) is 0.129. The molecule has 0 aliphatic carbocycles. The highest BCUT2D eigenvalue weighted by molar-refractivity contribution is 5.62. The third kappa shape index (κ3) is 1.74. The number of halogens is 2. The lowest BCUT2D eigenvalue weighted by Crippen LogP contribution is -2.02. The molecule has 0 fully saturated rings. The molecule has 3 rings (SSSR count). The van der Waals surface area contributed by atoms with E-state index in [0.29, 0.717) is 5.76 Å². The number of nitrogens with zero attached hydrogens (tertiary/aromatic N) is 4. The standard InChI is InChI=1S/C12H6F2N4O/c13-11(14)9-4-8(10-2-1-3-19-10)17-12-7(5-15)6-16-18(9)12/h1-4,6,11H. The van der Waals surface area contributed by atoms with E-state index in [0.717, 1.165) is 4.52 Å². The van der Waals surface area contributed by atoms with E-state index in [1.54, 1.807) is 12.1 Å². The first-order valence-corrected chi connectivity index (χ1v) is 5.31. The molecule has 3 aromatic heterocycles. The zero-order valence-electron chi connectivity index (χ0n) is 9.42. The maximum Gasteiger partial charge on any atom is 0.280 e. The zero-order chi connectivity index (χ0) is 13.4. The van der Waals surface area contributed by atoms with Crippen LogP contribution in [-0.4, -0.2) is 14.6 Å². The first-order chi connectivity index (χ1) is 9.20. The molecule has 3 aromatic rings. The quantitative estimate of drug-likeness (QED) is 0.710. The van der Waals surface area contributed by atoms with Gasteiger partial charge in [-0.05, 0) is 18.2 Å². The molecule has 0 saturated heterocycles. The second-order valence-electron chi connectivity index (χ2n) is 3.75. The van der Waals surface area contributed by atoms with E-state index in [-0.39, 0.29) is 22.6 Å². The molecule has 5 nitrogen and oxygen atoms in total. The summed E-state index contributed by atoms with van der Waals surface area (Å²) in [6, 6.07) is 6.30. The van der Waals surface area contributed by atoms with E-state index in [2.05, 4.69) is 10.1 Å². The fourth-order valence-electron chi connectivity index (χ4n) is 1.77. The molecule has 0 aliphatic rings. The van der Waals surface area contributed by atoms with Crippen LogP contribution in [0.15, 0.2) is 35.1 Å². The van der Waals surface area contributed by atoms with Gasteiger partial charge < -0.3 is 4.42 Å². The van der Waals surface area contributed by atoms with Crippen molar-refractivity contribution in [2.24, 2.45) is 0 Å². The Kier molecular flexibility index (Phi) is 2.49. The Bertz CT molecular complexity index is 771. The number of nitriles is 1. The Morgan fingerprint density at radius 2 is 2.26 bits per heavy atom. The highest BCUT2D eigenvalue weighted by Gasteiger charge is 2.19. The average Bonchev–Trinajstić information content (AvgIpc) is 3.06. The molecule has 0 N–H and O–H groups in total. The minimum absolute atomic E-state index is 0.0895. The van der Waals surface area contributed by atoms with Crippen LogP contribution in [0, 0.1) is 11.3 Å². The van der Waals surface area contributed by atoms with Crippen LogP contribution in [0.25, 0.3) is 17.1 Å². The Labute approximate surface area is 105 Å². The van der Waals surface area contributed by atoms with E-state index in [4.69, 9.17) is 9.68 Å². The maximum absolute atomic E-state index is 13.0. The predicted molar refractivity (Wildman–Crippen MR) is 60.4 cm³/mol. The van der Waals surface area contributed by atoms with E-state index in [1.807, 2.05) is 6.07 Å². The number of hydrogen-bond acceptors (Lipinski definition) is 4. The van der Waals surface area contributed by atoms with Crippen LogP contribution in [0.4, 0.5) is 8.78 Å². The summed E-state index contributed by atoms with van der Waals surface area (Å²) in [5.74, 6) is 0.356. The molecule has 0 saturated carbocycles. The van der Waals surface area contributed by atoms with Gasteiger partial charge in [0, 0.05) is 0 Å². The lowest BCUT2D eigenvalue weighted by molar-refractivity contribution is 0.143. The van der Waals surface area contributed by atoms with Crippen LogP contribution >= 0.6 is 0 Å². The van der Waals surface area contributed by atoms with Gasteiger partial charge in [-0.3, -0.25) is 0 Å². The van der Waals surface area contributed by atoms with Crippen LogP contribution in [0.5, 0.6) is 0 Å². The van der Waals surface area contributed by atoms with Crippen molar-refractivity contribution in [3.8, 4) is 17.5 Å². The first kappa shape index (κ1) is 11.3. The van der Waals surface area contributed by atoms with Gasteiger partial charge in [-0.15, -0.1) is 0 Å². The molecule has 0 atom stereocenters. The van der Waals surface area contributed by atoms with Gasteiger partial charge in [0.1, 0.15) is 23.0 Å². The van der Waals surface area contributed by atoms with Crippen molar-refractivity contribution < 1.29 is 13.2 Å². The highest BCUT2D eigenvalue weighted by atomic mass is 19.3. The van der Waals surface area contributed by atoms with Crippen molar-refractivity contribution in [2.45, 2.75) is 6.43 Å². The minimum atomic E-state index is -2.73. The molecule has 0 bridgehead atoms. The van der Waals surface area contributed by atoms with E-state index in [1.165, 1.54) is 18.5 Å². The third-order valence-corrected chi connectivity index (χ3v) is 2.62. The average molecular weight is 260 g/mol. The Balaban J connectivity index is 2.34. The molecule has 0 aliphatic heterocycles. The number of fused-ring (bicyclic) bond motifs is 1. The fraction of sp³-hybridized carbons (Fsp3) is 0.0833. The summed E-state index contributed by atoms with van der Waals surface area (Å²) < 4.78 is 32.2. The van der Waals surface area contributed by atoms with Crippen LogP contribution in [0.2, 0.25) is 0 Å². The summed E-state index contributed by atoms with van der Waals surface area (Å²) >= 11 is 0. The molecule has 0 spiro atoms. The van der Waals surface area contributed by atoms with Crippen molar-refractivity contribution >= 4 is 5.65 Å². The summed E-state index contributed by atoms with van der Waals surface area (Å²) in [4.78, 5) is 4.14. The van der Waals surface area contributed by atoms with Gasteiger partial charge in [-0.1, -0.05) is 0 Å². The van der Waals surface area contributed by atoms with E-state index in [9.17, 15) is 8.78 Å². The molecular weight excluding hydrogens is 254 g/mol. The van der Waals surface area contributed by atoms with Crippen LogP contribution in [-0.2, 0) is 0 Å². The van der Waals surface area contributed by atoms with Gasteiger partial charge in [0.15, 0.2) is 11.4 Å². The second kappa shape index (κ2) is 4.17. The molecule has 94 valence electrons. The normalized spacial score (nSPS) is 11.1. The lowest BCUT2D eigenvalue weighted by atomic mass is 10.2. The monoisotopic (exact) mass is 260 g/mol. The molecule has 0 radical (unpaired) electrons. The van der Waals surface area contributed by atoms with Crippen molar-refractivity contribution in [2.75, 3.05) is 0 Å². The molecular formula is C12H6F2N4O. The number of alkyl halides is 2. The smallest absolute Gasteiger partial charge is 0.280 e. The number of hydrogen-bond donors (Lipinski definition) is 0. The Morgan fingerprint density at radius 3 is 2.89 bits per heavy atom. The SMILES string of the molecule is N#Cc1cnn2c(C(F)F)cc(-c3ccco3)nc12. The van der Waals surface area contributed by atoms with Crippen LogP contribution in [0.1, 0.15) is 17.7 Å². The summed E-state index contributed by atoms with van der Waals surface area (Å²) in [7, 11) is 0. The molecule has 0 unspecified atom stereocenters. The lowest BCUT2D eigenvalue weighted by Gasteiger charge is -2.05. The molecule has 19 heavy (non-hydrogen) atoms. The van der Waals surface area contributed by atoms with Gasteiger partial charge in [-0.25, -0.2) is 18.3 Å². The van der Waals surface area contributed by atoms with Crippen molar-refractivity contribution in [1.82, 2.24) is 14.6 Å². The summed E-state index contributed by atoms with van der Waals surface area (Å²) in [5, 5.41) is 12.7. The fourth-order valence-corrected chi connectivity index (χ4v) is 1.77. The topological polar surface area (TPSA) is 67.1 Å². The third-order valence-electron chi connectivity index (χ3n) is 2.62. The minimum Gasteiger partial charge on any atom is -0.463 e. The summed E-state index contributed by atoms with van der Waals surface area (Å²) in [6.45, 7) is 0. The largest absolute Gasteiger partial charge is 0.463 e. The van der Waals surface area contributed by atoms with Gasteiger partial charge in [0.25, 0.3) is 6.43 Å². The van der Waals surface area contributed by atoms with Crippen molar-refractivity contribution in [3.05, 3.63) is 41.9 Å². The van der Waals surface area contributed by atoms with E-state index < -0.39 is 6.43 Å². The van der Waals surface area contributed by atoms with Crippen LogP contribution < -0.4 is 0 Å². The number of aromatic nitrogens is 3. The van der Waals surface area contributed by atoms with Gasteiger partial charge in [0.2, 0.25) is 0 Å². The second-order valence-corrected chi connectivity index (χ2v) is 3.75. The Morgan fingerprint density at radius 1 is 1.42 bits per heavy atom. The Hall–Kier alpha value is -2.75. The van der Waals surface area contributed by atoms with Crippen LogP contribution in [0.3, 0.4) is 0 Å².